The summed E-state index contributed by atoms with van der Waals surface area (Å²) >= 11 is 0. The standard InChI is InChI=1S/C12H14F2N2O3/c13-11(14)19-10-4-2-1-3-9(10)15-12(17)16-5-7-18-8-6-16/h1-4,11H,5-8H2,(H,15,17). The first-order valence-corrected chi connectivity index (χ1v) is 5.84. The molecule has 0 spiro atoms. The number of morpholine rings is 1. The lowest BCUT2D eigenvalue weighted by Gasteiger charge is -2.27. The van der Waals surface area contributed by atoms with Crippen molar-refractivity contribution in [2.75, 3.05) is 31.6 Å². The summed E-state index contributed by atoms with van der Waals surface area (Å²) in [4.78, 5) is 13.5. The minimum Gasteiger partial charge on any atom is -0.433 e. The van der Waals surface area contributed by atoms with E-state index in [4.69, 9.17) is 4.74 Å². The molecule has 0 saturated carbocycles. The number of rotatable bonds is 3. The predicted molar refractivity (Wildman–Crippen MR) is 64.5 cm³/mol. The third-order valence-corrected chi connectivity index (χ3v) is 2.64. The van der Waals surface area contributed by atoms with E-state index in [-0.39, 0.29) is 17.5 Å². The number of carbonyl (C=O) groups is 1. The van der Waals surface area contributed by atoms with Gasteiger partial charge in [-0.15, -0.1) is 0 Å². The Bertz CT molecular complexity index is 437. The highest BCUT2D eigenvalue weighted by Gasteiger charge is 2.18. The zero-order valence-corrected chi connectivity index (χ0v) is 10.1. The first kappa shape index (κ1) is 13.5. The maximum Gasteiger partial charge on any atom is 0.387 e. The molecule has 5 nitrogen and oxygen atoms in total. The van der Waals surface area contributed by atoms with Gasteiger partial charge in [-0.25, -0.2) is 4.79 Å². The van der Waals surface area contributed by atoms with Crippen molar-refractivity contribution in [2.45, 2.75) is 6.61 Å². The maximum atomic E-state index is 12.2. The van der Waals surface area contributed by atoms with Crippen LogP contribution in [-0.4, -0.2) is 43.8 Å². The lowest BCUT2D eigenvalue weighted by atomic mass is 10.3. The summed E-state index contributed by atoms with van der Waals surface area (Å²) in [6, 6.07) is 5.72. The van der Waals surface area contributed by atoms with Gasteiger partial charge in [-0.2, -0.15) is 8.78 Å². The summed E-state index contributed by atoms with van der Waals surface area (Å²) in [5.74, 6) is -0.0564. The Morgan fingerprint density at radius 3 is 2.68 bits per heavy atom. The number of urea groups is 1. The summed E-state index contributed by atoms with van der Waals surface area (Å²) in [5, 5.41) is 2.56. The van der Waals surface area contributed by atoms with Crippen molar-refractivity contribution in [3.05, 3.63) is 24.3 Å². The average molecular weight is 272 g/mol. The molecule has 0 aromatic heterocycles. The summed E-state index contributed by atoms with van der Waals surface area (Å²) in [6.45, 7) is -1.03. The fourth-order valence-electron chi connectivity index (χ4n) is 1.73. The van der Waals surface area contributed by atoms with Gasteiger partial charge in [-0.3, -0.25) is 0 Å². The molecule has 0 atom stereocenters. The van der Waals surface area contributed by atoms with E-state index in [0.717, 1.165) is 0 Å². The van der Waals surface area contributed by atoms with Gasteiger partial charge in [-0.1, -0.05) is 12.1 Å². The molecule has 19 heavy (non-hydrogen) atoms. The largest absolute Gasteiger partial charge is 0.433 e. The number of carbonyl (C=O) groups excluding carboxylic acids is 1. The highest BCUT2D eigenvalue weighted by Crippen LogP contribution is 2.25. The smallest absolute Gasteiger partial charge is 0.387 e. The fourth-order valence-corrected chi connectivity index (χ4v) is 1.73. The second kappa shape index (κ2) is 6.33. The van der Waals surface area contributed by atoms with Crippen LogP contribution >= 0.6 is 0 Å². The van der Waals surface area contributed by atoms with Crippen molar-refractivity contribution in [3.8, 4) is 5.75 Å². The Labute approximate surface area is 109 Å². The quantitative estimate of drug-likeness (QED) is 0.917. The molecule has 1 aliphatic rings. The average Bonchev–Trinajstić information content (AvgIpc) is 2.41. The number of alkyl halides is 2. The Hall–Kier alpha value is -1.89. The van der Waals surface area contributed by atoms with E-state index in [1.54, 1.807) is 17.0 Å². The van der Waals surface area contributed by atoms with Gasteiger partial charge in [0.15, 0.2) is 0 Å². The molecule has 1 fully saturated rings. The molecule has 0 bridgehead atoms. The van der Waals surface area contributed by atoms with Gasteiger partial charge in [0.05, 0.1) is 18.9 Å². The molecule has 1 aliphatic heterocycles. The van der Waals surface area contributed by atoms with Crippen LogP contribution in [0.1, 0.15) is 0 Å². The molecule has 1 saturated heterocycles. The Kier molecular flexibility index (Phi) is 4.51. The summed E-state index contributed by atoms with van der Waals surface area (Å²) in [7, 11) is 0. The number of amides is 2. The topological polar surface area (TPSA) is 50.8 Å². The molecule has 0 radical (unpaired) electrons. The molecule has 7 heteroatoms. The second-order valence-electron chi connectivity index (χ2n) is 3.90. The summed E-state index contributed by atoms with van der Waals surface area (Å²) < 4.78 is 33.9. The first-order chi connectivity index (χ1) is 9.16. The fraction of sp³-hybridized carbons (Fsp3) is 0.417. The van der Waals surface area contributed by atoms with Gasteiger partial charge in [0.1, 0.15) is 5.75 Å². The van der Waals surface area contributed by atoms with E-state index >= 15 is 0 Å². The van der Waals surface area contributed by atoms with Gasteiger partial charge in [-0.05, 0) is 12.1 Å². The van der Waals surface area contributed by atoms with E-state index in [2.05, 4.69) is 10.1 Å². The van der Waals surface area contributed by atoms with Crippen molar-refractivity contribution in [1.29, 1.82) is 0 Å². The van der Waals surface area contributed by atoms with Crippen molar-refractivity contribution < 1.29 is 23.0 Å². The van der Waals surface area contributed by atoms with E-state index in [1.165, 1.54) is 12.1 Å². The molecule has 1 heterocycles. The van der Waals surface area contributed by atoms with Gasteiger partial charge in [0.25, 0.3) is 0 Å². The first-order valence-electron chi connectivity index (χ1n) is 5.84. The molecular weight excluding hydrogens is 258 g/mol. The molecule has 0 unspecified atom stereocenters. The predicted octanol–water partition coefficient (Wildman–Crippen LogP) is 2.15. The number of para-hydroxylation sites is 2. The number of nitrogens with one attached hydrogen (secondary N) is 1. The third-order valence-electron chi connectivity index (χ3n) is 2.64. The van der Waals surface area contributed by atoms with Crippen LogP contribution in [0.3, 0.4) is 0 Å². The highest BCUT2D eigenvalue weighted by atomic mass is 19.3. The van der Waals surface area contributed by atoms with Gasteiger partial charge in [0.2, 0.25) is 0 Å². The number of hydrogen-bond acceptors (Lipinski definition) is 3. The molecule has 1 N–H and O–H groups in total. The molecule has 2 rings (SSSR count). The van der Waals surface area contributed by atoms with Crippen molar-refractivity contribution in [1.82, 2.24) is 4.90 Å². The van der Waals surface area contributed by atoms with Crippen LogP contribution in [-0.2, 0) is 4.74 Å². The normalized spacial score (nSPS) is 15.4. The van der Waals surface area contributed by atoms with Crippen LogP contribution in [0.25, 0.3) is 0 Å². The molecule has 2 amide bonds. The maximum absolute atomic E-state index is 12.2. The lowest BCUT2D eigenvalue weighted by Crippen LogP contribution is -2.43. The number of hydrogen-bond donors (Lipinski definition) is 1. The van der Waals surface area contributed by atoms with Gasteiger partial charge in [0, 0.05) is 13.1 Å². The monoisotopic (exact) mass is 272 g/mol. The van der Waals surface area contributed by atoms with Crippen LogP contribution in [0, 0.1) is 0 Å². The molecule has 1 aromatic carbocycles. The van der Waals surface area contributed by atoms with Gasteiger partial charge >= 0.3 is 12.6 Å². The Morgan fingerprint density at radius 2 is 2.00 bits per heavy atom. The number of nitrogens with zero attached hydrogens (tertiary/aromatic N) is 1. The Morgan fingerprint density at radius 1 is 1.32 bits per heavy atom. The Balaban J connectivity index is 2.03. The number of anilines is 1. The molecular formula is C12H14F2N2O3. The number of benzene rings is 1. The van der Waals surface area contributed by atoms with E-state index in [9.17, 15) is 13.6 Å². The van der Waals surface area contributed by atoms with Crippen LogP contribution in [0.15, 0.2) is 24.3 Å². The van der Waals surface area contributed by atoms with Gasteiger partial charge < -0.3 is 19.7 Å². The summed E-state index contributed by atoms with van der Waals surface area (Å²) in [6.07, 6.45) is 0. The third kappa shape index (κ3) is 3.78. The minimum absolute atomic E-state index is 0.0564. The van der Waals surface area contributed by atoms with Crippen LogP contribution in [0.4, 0.5) is 19.3 Å². The zero-order chi connectivity index (χ0) is 13.7. The molecule has 0 aliphatic carbocycles. The highest BCUT2D eigenvalue weighted by molar-refractivity contribution is 5.91. The van der Waals surface area contributed by atoms with Crippen LogP contribution in [0.5, 0.6) is 5.75 Å². The van der Waals surface area contributed by atoms with Crippen LogP contribution < -0.4 is 10.1 Å². The zero-order valence-electron chi connectivity index (χ0n) is 10.1. The molecule has 1 aromatic rings. The minimum atomic E-state index is -2.93. The van der Waals surface area contributed by atoms with E-state index < -0.39 is 6.61 Å². The SMILES string of the molecule is O=C(Nc1ccccc1OC(F)F)N1CCOCC1. The second-order valence-corrected chi connectivity index (χ2v) is 3.90. The van der Waals surface area contributed by atoms with Crippen LogP contribution in [0.2, 0.25) is 0 Å². The van der Waals surface area contributed by atoms with E-state index in [1.807, 2.05) is 0 Å². The van der Waals surface area contributed by atoms with Crippen molar-refractivity contribution >= 4 is 11.7 Å². The van der Waals surface area contributed by atoms with Crippen molar-refractivity contribution in [3.63, 3.8) is 0 Å². The van der Waals surface area contributed by atoms with Crippen molar-refractivity contribution in [2.24, 2.45) is 0 Å². The number of halogens is 2. The summed E-state index contributed by atoms with van der Waals surface area (Å²) in [5.41, 5.74) is 0.222. The number of ether oxygens (including phenoxy) is 2. The van der Waals surface area contributed by atoms with E-state index in [0.29, 0.717) is 26.3 Å². The lowest BCUT2D eigenvalue weighted by molar-refractivity contribution is -0.0493. The molecule has 104 valence electrons.